The molecule has 0 aliphatic rings. The molecule has 6 heteroatoms. The molecular weight excluding hydrogens is 961 g/mol. The van der Waals surface area contributed by atoms with E-state index in [1.165, 1.54) is 289 Å². The fourth-order valence-corrected chi connectivity index (χ4v) is 10.9. The van der Waals surface area contributed by atoms with Gasteiger partial charge in [-0.3, -0.25) is 14.4 Å². The van der Waals surface area contributed by atoms with Gasteiger partial charge in [0.15, 0.2) is 6.10 Å². The van der Waals surface area contributed by atoms with Crippen LogP contribution in [-0.4, -0.2) is 37.2 Å². The van der Waals surface area contributed by atoms with Crippen molar-refractivity contribution in [1.82, 2.24) is 0 Å². The minimum atomic E-state index is -0.771. The summed E-state index contributed by atoms with van der Waals surface area (Å²) >= 11 is 0. The predicted octanol–water partition coefficient (Wildman–Crippen LogP) is 24.2. The average Bonchev–Trinajstić information content (AvgIpc) is 3.44. The fraction of sp³-hybridized carbons (Fsp3) is 0.903. The second-order valence-corrected chi connectivity index (χ2v) is 24.2. The third-order valence-corrected chi connectivity index (χ3v) is 16.2. The van der Waals surface area contributed by atoms with Crippen LogP contribution in [0.3, 0.4) is 0 Å². The van der Waals surface area contributed by atoms with E-state index in [-0.39, 0.29) is 31.1 Å². The smallest absolute Gasteiger partial charge is 0.306 e. The Morgan fingerprint density at radius 1 is 0.256 bits per heavy atom. The van der Waals surface area contributed by atoms with Crippen molar-refractivity contribution < 1.29 is 28.6 Å². The highest BCUT2D eigenvalue weighted by atomic mass is 16.6. The highest BCUT2D eigenvalue weighted by Crippen LogP contribution is 2.19. The zero-order chi connectivity index (χ0) is 56.4. The lowest BCUT2D eigenvalue weighted by molar-refractivity contribution is -0.167. The van der Waals surface area contributed by atoms with E-state index in [9.17, 15) is 14.4 Å². The molecule has 6 nitrogen and oxygen atoms in total. The van der Waals surface area contributed by atoms with Gasteiger partial charge in [-0.15, -0.1) is 0 Å². The van der Waals surface area contributed by atoms with Gasteiger partial charge in [0.25, 0.3) is 0 Å². The number of rotatable bonds is 66. The number of hydrogen-bond acceptors (Lipinski definition) is 6. The van der Waals surface area contributed by atoms with E-state index in [0.29, 0.717) is 19.3 Å². The van der Waals surface area contributed by atoms with Crippen LogP contribution in [0.2, 0.25) is 0 Å². The SMILES string of the molecule is CCCCC/C=C\C/C=C\CCCCCCCCCC(=O)OC(COC(=O)CCCCCCCCCC)COC(=O)CCCCCCCCCCCCCCCCCCCCCCCCCCCCCCCCCCCCC. The first-order chi connectivity index (χ1) is 38.5. The van der Waals surface area contributed by atoms with Crippen LogP contribution >= 0.6 is 0 Å². The summed E-state index contributed by atoms with van der Waals surface area (Å²) < 4.78 is 16.9. The standard InChI is InChI=1S/C72H136O6/c1-4-7-10-13-16-19-21-23-25-27-28-29-30-31-32-33-34-35-36-37-38-39-40-41-42-43-44-46-47-49-51-53-56-59-62-65-71(74)77-68-69(67-76-70(73)64-61-58-55-18-15-12-9-6-3)78-72(75)66-63-60-57-54-52-50-48-45-26-24-22-20-17-14-11-8-5-2/h17,20,24,26,69H,4-16,18-19,21-23,25,27-68H2,1-3H3/b20-17-,26-24-. The minimum absolute atomic E-state index is 0.0692. The maximum Gasteiger partial charge on any atom is 0.306 e. The van der Waals surface area contributed by atoms with Crippen molar-refractivity contribution in [3.8, 4) is 0 Å². The Labute approximate surface area is 487 Å². The maximum atomic E-state index is 12.9. The van der Waals surface area contributed by atoms with Crippen LogP contribution in [0.25, 0.3) is 0 Å². The zero-order valence-electron chi connectivity index (χ0n) is 53.0. The largest absolute Gasteiger partial charge is 0.462 e. The molecule has 0 aromatic rings. The summed E-state index contributed by atoms with van der Waals surface area (Å²) in [5.74, 6) is -0.857. The Bertz CT molecular complexity index is 1260. The summed E-state index contributed by atoms with van der Waals surface area (Å²) in [6.07, 6.45) is 82.5. The molecule has 0 heterocycles. The van der Waals surface area contributed by atoms with Crippen molar-refractivity contribution >= 4 is 17.9 Å². The van der Waals surface area contributed by atoms with E-state index in [1.807, 2.05) is 0 Å². The van der Waals surface area contributed by atoms with Gasteiger partial charge in [0.1, 0.15) is 13.2 Å². The first-order valence-corrected chi connectivity index (χ1v) is 35.3. The number of allylic oxidation sites excluding steroid dienone is 4. The first-order valence-electron chi connectivity index (χ1n) is 35.3. The summed E-state index contributed by atoms with van der Waals surface area (Å²) in [5.41, 5.74) is 0. The Hall–Kier alpha value is -2.11. The highest BCUT2D eigenvalue weighted by Gasteiger charge is 2.19. The summed E-state index contributed by atoms with van der Waals surface area (Å²) in [5, 5.41) is 0. The van der Waals surface area contributed by atoms with Crippen molar-refractivity contribution in [1.29, 1.82) is 0 Å². The van der Waals surface area contributed by atoms with Crippen LogP contribution in [0, 0.1) is 0 Å². The van der Waals surface area contributed by atoms with E-state index >= 15 is 0 Å². The molecule has 0 aliphatic carbocycles. The normalized spacial score (nSPS) is 12.1. The third kappa shape index (κ3) is 64.7. The molecule has 1 atom stereocenters. The first kappa shape index (κ1) is 75.9. The second-order valence-electron chi connectivity index (χ2n) is 24.2. The number of carbonyl (C=O) groups is 3. The highest BCUT2D eigenvalue weighted by molar-refractivity contribution is 5.71. The van der Waals surface area contributed by atoms with E-state index in [2.05, 4.69) is 45.1 Å². The number of carbonyl (C=O) groups excluding carboxylic acids is 3. The van der Waals surface area contributed by atoms with Crippen molar-refractivity contribution in [2.75, 3.05) is 13.2 Å². The molecule has 0 rings (SSSR count). The fourth-order valence-electron chi connectivity index (χ4n) is 10.9. The van der Waals surface area contributed by atoms with Crippen molar-refractivity contribution in [3.63, 3.8) is 0 Å². The van der Waals surface area contributed by atoms with Crippen LogP contribution < -0.4 is 0 Å². The summed E-state index contributed by atoms with van der Waals surface area (Å²) in [6, 6.07) is 0. The third-order valence-electron chi connectivity index (χ3n) is 16.2. The molecule has 78 heavy (non-hydrogen) atoms. The molecule has 0 saturated heterocycles. The molecule has 0 saturated carbocycles. The molecular formula is C72H136O6. The van der Waals surface area contributed by atoms with E-state index in [1.54, 1.807) is 0 Å². The van der Waals surface area contributed by atoms with Gasteiger partial charge in [-0.05, 0) is 51.4 Å². The summed E-state index contributed by atoms with van der Waals surface area (Å²) in [7, 11) is 0. The minimum Gasteiger partial charge on any atom is -0.462 e. The molecule has 0 bridgehead atoms. The molecule has 0 spiro atoms. The van der Waals surface area contributed by atoms with Crippen LogP contribution in [-0.2, 0) is 28.6 Å². The molecule has 1 unspecified atom stereocenters. The quantitative estimate of drug-likeness (QED) is 0.0261. The van der Waals surface area contributed by atoms with Crippen molar-refractivity contribution in [3.05, 3.63) is 24.3 Å². The van der Waals surface area contributed by atoms with Gasteiger partial charge in [-0.1, -0.05) is 353 Å². The molecule has 0 N–H and O–H groups in total. The lowest BCUT2D eigenvalue weighted by Crippen LogP contribution is -2.30. The number of ether oxygens (including phenoxy) is 3. The maximum absolute atomic E-state index is 12.9. The van der Waals surface area contributed by atoms with Crippen molar-refractivity contribution in [2.45, 2.75) is 406 Å². The predicted molar refractivity (Wildman–Crippen MR) is 340 cm³/mol. The Morgan fingerprint density at radius 3 is 0.731 bits per heavy atom. The van der Waals surface area contributed by atoms with E-state index in [4.69, 9.17) is 14.2 Å². The molecule has 0 aromatic carbocycles. The Kier molecular flexibility index (Phi) is 65.6. The van der Waals surface area contributed by atoms with Gasteiger partial charge >= 0.3 is 17.9 Å². The summed E-state index contributed by atoms with van der Waals surface area (Å²) in [4.78, 5) is 38.1. The molecule has 0 aliphatic heterocycles. The number of hydrogen-bond donors (Lipinski definition) is 0. The van der Waals surface area contributed by atoms with Crippen LogP contribution in [0.5, 0.6) is 0 Å². The molecule has 0 aromatic heterocycles. The molecule has 0 fully saturated rings. The van der Waals surface area contributed by atoms with Gasteiger partial charge in [0.2, 0.25) is 0 Å². The Morgan fingerprint density at radius 2 is 0.462 bits per heavy atom. The Balaban J connectivity index is 3.93. The van der Waals surface area contributed by atoms with Gasteiger partial charge in [0.05, 0.1) is 0 Å². The molecule has 460 valence electrons. The van der Waals surface area contributed by atoms with Crippen LogP contribution in [0.4, 0.5) is 0 Å². The summed E-state index contributed by atoms with van der Waals surface area (Å²) in [6.45, 7) is 6.64. The second kappa shape index (κ2) is 67.4. The molecule has 0 amide bonds. The van der Waals surface area contributed by atoms with Gasteiger partial charge in [-0.25, -0.2) is 0 Å². The topological polar surface area (TPSA) is 78.9 Å². The zero-order valence-corrected chi connectivity index (χ0v) is 53.0. The van der Waals surface area contributed by atoms with Crippen LogP contribution in [0.1, 0.15) is 400 Å². The lowest BCUT2D eigenvalue weighted by Gasteiger charge is -2.18. The van der Waals surface area contributed by atoms with Crippen LogP contribution in [0.15, 0.2) is 24.3 Å². The average molecular weight is 1100 g/mol. The van der Waals surface area contributed by atoms with Gasteiger partial charge in [0, 0.05) is 19.3 Å². The molecule has 0 radical (unpaired) electrons. The van der Waals surface area contributed by atoms with Crippen molar-refractivity contribution in [2.24, 2.45) is 0 Å². The van der Waals surface area contributed by atoms with Gasteiger partial charge in [-0.2, -0.15) is 0 Å². The monoisotopic (exact) mass is 1100 g/mol. The van der Waals surface area contributed by atoms with Gasteiger partial charge < -0.3 is 14.2 Å². The van der Waals surface area contributed by atoms with E-state index in [0.717, 1.165) is 70.6 Å². The number of esters is 3. The number of unbranched alkanes of at least 4 members (excludes halogenated alkanes) is 51. The lowest BCUT2D eigenvalue weighted by atomic mass is 10.0. The van der Waals surface area contributed by atoms with E-state index < -0.39 is 6.10 Å².